The van der Waals surface area contributed by atoms with Crippen LogP contribution in [0.15, 0.2) is 11.4 Å². The number of nitrogens with zero attached hydrogens (tertiary/aromatic N) is 2. The molecule has 11 heavy (non-hydrogen) atoms. The first-order valence-electron chi connectivity index (χ1n) is 2.93. The molecule has 0 radical (unpaired) electrons. The summed E-state index contributed by atoms with van der Waals surface area (Å²) in [5.74, 6) is 0.227. The first-order valence-corrected chi connectivity index (χ1v) is 4.19. The third kappa shape index (κ3) is 1.04. The molecule has 0 saturated heterocycles. The van der Waals surface area contributed by atoms with Crippen molar-refractivity contribution in [2.75, 3.05) is 5.73 Å². The SMILES string of the molecule is Nc1nc(Cl)c2ccsc2n1. The molecule has 56 valence electrons. The average Bonchev–Trinajstić information content (AvgIpc) is 2.34. The summed E-state index contributed by atoms with van der Waals surface area (Å²) in [5, 5.41) is 3.20. The maximum absolute atomic E-state index is 5.78. The fourth-order valence-corrected chi connectivity index (χ4v) is 1.90. The molecule has 0 saturated carbocycles. The molecule has 2 rings (SSSR count). The van der Waals surface area contributed by atoms with Crippen LogP contribution < -0.4 is 5.73 Å². The van der Waals surface area contributed by atoms with Crippen LogP contribution in [0, 0.1) is 0 Å². The summed E-state index contributed by atoms with van der Waals surface area (Å²) in [6.45, 7) is 0. The minimum atomic E-state index is 0.227. The van der Waals surface area contributed by atoms with Crippen molar-refractivity contribution in [1.29, 1.82) is 0 Å². The van der Waals surface area contributed by atoms with Crippen LogP contribution in [-0.4, -0.2) is 9.97 Å². The Morgan fingerprint density at radius 1 is 1.45 bits per heavy atom. The second-order valence-electron chi connectivity index (χ2n) is 2.01. The Morgan fingerprint density at radius 3 is 3.09 bits per heavy atom. The van der Waals surface area contributed by atoms with Crippen LogP contribution in [0.1, 0.15) is 0 Å². The Bertz CT molecular complexity index is 398. The van der Waals surface area contributed by atoms with Gasteiger partial charge >= 0.3 is 0 Å². The fraction of sp³-hybridized carbons (Fsp3) is 0. The van der Waals surface area contributed by atoms with Crippen molar-refractivity contribution < 1.29 is 0 Å². The molecule has 0 aliphatic heterocycles. The standard InChI is InChI=1S/C6H4ClN3S/c7-4-3-1-2-11-5(3)10-6(8)9-4/h1-2H,(H2,8,9,10). The van der Waals surface area contributed by atoms with Gasteiger partial charge in [0.1, 0.15) is 9.98 Å². The van der Waals surface area contributed by atoms with E-state index in [9.17, 15) is 0 Å². The summed E-state index contributed by atoms with van der Waals surface area (Å²) >= 11 is 7.28. The second-order valence-corrected chi connectivity index (χ2v) is 3.26. The van der Waals surface area contributed by atoms with Crippen molar-refractivity contribution in [2.45, 2.75) is 0 Å². The number of hydrogen-bond donors (Lipinski definition) is 1. The van der Waals surface area contributed by atoms with Gasteiger partial charge in [-0.2, -0.15) is 0 Å². The van der Waals surface area contributed by atoms with Gasteiger partial charge in [0.05, 0.1) is 0 Å². The van der Waals surface area contributed by atoms with Gasteiger partial charge < -0.3 is 5.73 Å². The van der Waals surface area contributed by atoms with E-state index in [0.717, 1.165) is 10.2 Å². The summed E-state index contributed by atoms with van der Waals surface area (Å²) in [6.07, 6.45) is 0. The van der Waals surface area contributed by atoms with E-state index in [1.165, 1.54) is 11.3 Å². The number of fused-ring (bicyclic) bond motifs is 1. The van der Waals surface area contributed by atoms with Crippen molar-refractivity contribution in [2.24, 2.45) is 0 Å². The molecule has 0 spiro atoms. The van der Waals surface area contributed by atoms with E-state index in [0.29, 0.717) is 5.15 Å². The molecular formula is C6H4ClN3S. The summed E-state index contributed by atoms with van der Waals surface area (Å²) in [6, 6.07) is 1.88. The third-order valence-electron chi connectivity index (χ3n) is 1.30. The molecule has 0 fully saturated rings. The lowest BCUT2D eigenvalue weighted by atomic mass is 10.4. The van der Waals surface area contributed by atoms with Crippen LogP contribution in [0.5, 0.6) is 0 Å². The number of rotatable bonds is 0. The number of nitrogens with two attached hydrogens (primary N) is 1. The Balaban J connectivity index is 2.91. The number of anilines is 1. The molecule has 5 heteroatoms. The highest BCUT2D eigenvalue weighted by molar-refractivity contribution is 7.16. The predicted molar refractivity (Wildman–Crippen MR) is 46.8 cm³/mol. The molecule has 2 aromatic rings. The molecule has 0 atom stereocenters. The third-order valence-corrected chi connectivity index (χ3v) is 2.39. The summed E-state index contributed by atoms with van der Waals surface area (Å²) < 4.78 is 0. The van der Waals surface area contributed by atoms with E-state index >= 15 is 0 Å². The maximum Gasteiger partial charge on any atom is 0.222 e. The summed E-state index contributed by atoms with van der Waals surface area (Å²) in [7, 11) is 0. The normalized spacial score (nSPS) is 10.6. The van der Waals surface area contributed by atoms with Crippen LogP contribution >= 0.6 is 22.9 Å². The highest BCUT2D eigenvalue weighted by Gasteiger charge is 2.03. The zero-order valence-electron chi connectivity index (χ0n) is 5.41. The monoisotopic (exact) mass is 185 g/mol. The highest BCUT2D eigenvalue weighted by atomic mass is 35.5. The Labute approximate surface area is 71.8 Å². The second kappa shape index (κ2) is 2.32. The van der Waals surface area contributed by atoms with Crippen molar-refractivity contribution in [3.05, 3.63) is 16.6 Å². The molecule has 2 aromatic heterocycles. The van der Waals surface area contributed by atoms with Gasteiger partial charge in [0.25, 0.3) is 0 Å². The number of hydrogen-bond acceptors (Lipinski definition) is 4. The minimum Gasteiger partial charge on any atom is -0.368 e. The summed E-state index contributed by atoms with van der Waals surface area (Å²) in [4.78, 5) is 8.65. The molecule has 0 bridgehead atoms. The topological polar surface area (TPSA) is 51.8 Å². The van der Waals surface area contributed by atoms with Gasteiger partial charge in [-0.1, -0.05) is 11.6 Å². The van der Waals surface area contributed by atoms with Crippen LogP contribution in [0.2, 0.25) is 5.15 Å². The van der Waals surface area contributed by atoms with Gasteiger partial charge in [0.2, 0.25) is 5.95 Å². The van der Waals surface area contributed by atoms with E-state index in [2.05, 4.69) is 9.97 Å². The van der Waals surface area contributed by atoms with Gasteiger partial charge in [-0.3, -0.25) is 0 Å². The smallest absolute Gasteiger partial charge is 0.222 e. The molecule has 2 heterocycles. The van der Waals surface area contributed by atoms with Gasteiger partial charge in [-0.05, 0) is 11.4 Å². The first kappa shape index (κ1) is 6.82. The summed E-state index contributed by atoms with van der Waals surface area (Å²) in [5.41, 5.74) is 5.38. The van der Waals surface area contributed by atoms with Gasteiger partial charge in [-0.15, -0.1) is 11.3 Å². The van der Waals surface area contributed by atoms with E-state index < -0.39 is 0 Å². The van der Waals surface area contributed by atoms with Crippen LogP contribution in [0.3, 0.4) is 0 Å². The van der Waals surface area contributed by atoms with Gasteiger partial charge in [-0.25, -0.2) is 9.97 Å². The Hall–Kier alpha value is -0.870. The molecule has 0 amide bonds. The number of aromatic nitrogens is 2. The van der Waals surface area contributed by atoms with Crippen molar-refractivity contribution in [1.82, 2.24) is 9.97 Å². The van der Waals surface area contributed by atoms with Gasteiger partial charge in [0, 0.05) is 5.39 Å². The zero-order chi connectivity index (χ0) is 7.84. The average molecular weight is 186 g/mol. The van der Waals surface area contributed by atoms with Crippen molar-refractivity contribution >= 4 is 39.1 Å². The lowest BCUT2D eigenvalue weighted by molar-refractivity contribution is 1.25. The largest absolute Gasteiger partial charge is 0.368 e. The van der Waals surface area contributed by atoms with E-state index in [1.807, 2.05) is 11.4 Å². The number of nitrogen functional groups attached to an aromatic ring is 1. The molecule has 0 aliphatic carbocycles. The number of halogens is 1. The Morgan fingerprint density at radius 2 is 2.27 bits per heavy atom. The molecule has 3 nitrogen and oxygen atoms in total. The van der Waals surface area contributed by atoms with Crippen LogP contribution in [0.25, 0.3) is 10.2 Å². The molecular weight excluding hydrogens is 182 g/mol. The Kier molecular flexibility index (Phi) is 1.44. The minimum absolute atomic E-state index is 0.227. The van der Waals surface area contributed by atoms with Crippen molar-refractivity contribution in [3.8, 4) is 0 Å². The maximum atomic E-state index is 5.78. The lowest BCUT2D eigenvalue weighted by Crippen LogP contribution is -1.93. The van der Waals surface area contributed by atoms with E-state index in [1.54, 1.807) is 0 Å². The molecule has 0 aromatic carbocycles. The van der Waals surface area contributed by atoms with Crippen LogP contribution in [0.4, 0.5) is 5.95 Å². The first-order chi connectivity index (χ1) is 5.27. The number of thiophene rings is 1. The van der Waals surface area contributed by atoms with E-state index in [-0.39, 0.29) is 5.95 Å². The van der Waals surface area contributed by atoms with Crippen molar-refractivity contribution in [3.63, 3.8) is 0 Å². The van der Waals surface area contributed by atoms with Crippen LogP contribution in [-0.2, 0) is 0 Å². The molecule has 0 aliphatic rings. The predicted octanol–water partition coefficient (Wildman–Crippen LogP) is 1.93. The zero-order valence-corrected chi connectivity index (χ0v) is 6.99. The fourth-order valence-electron chi connectivity index (χ4n) is 0.835. The quantitative estimate of drug-likeness (QED) is 0.638. The van der Waals surface area contributed by atoms with Gasteiger partial charge in [0.15, 0.2) is 0 Å². The highest BCUT2D eigenvalue weighted by Crippen LogP contribution is 2.24. The lowest BCUT2D eigenvalue weighted by Gasteiger charge is -1.93. The molecule has 2 N–H and O–H groups in total. The molecule has 0 unspecified atom stereocenters. The van der Waals surface area contributed by atoms with E-state index in [4.69, 9.17) is 17.3 Å².